The summed E-state index contributed by atoms with van der Waals surface area (Å²) in [5.41, 5.74) is 5.34. The predicted molar refractivity (Wildman–Crippen MR) is 44.9 cm³/mol. The predicted octanol–water partition coefficient (Wildman–Crippen LogP) is -1.17. The summed E-state index contributed by atoms with van der Waals surface area (Å²) in [4.78, 5) is 11.1. The smallest absolute Gasteiger partial charge is 0.285 e. The Labute approximate surface area is 76.7 Å². The van der Waals surface area contributed by atoms with Crippen LogP contribution in [0.1, 0.15) is 12.8 Å². The molecule has 7 heteroatoms. The molecule has 0 aromatic rings. The molecule has 1 rings (SSSR count). The van der Waals surface area contributed by atoms with Gasteiger partial charge in [-0.15, -0.1) is 4.28 Å². The van der Waals surface area contributed by atoms with Crippen LogP contribution in [0.15, 0.2) is 0 Å². The Morgan fingerprint density at radius 2 is 2.31 bits per heavy atom. The van der Waals surface area contributed by atoms with Crippen molar-refractivity contribution in [2.75, 3.05) is 12.8 Å². The Hall–Kier alpha value is -0.660. The largest absolute Gasteiger partial charge is 0.328 e. The van der Waals surface area contributed by atoms with Gasteiger partial charge in [0.2, 0.25) is 5.91 Å². The van der Waals surface area contributed by atoms with Crippen LogP contribution >= 0.6 is 0 Å². The Kier molecular flexibility index (Phi) is 2.89. The van der Waals surface area contributed by atoms with Gasteiger partial charge in [-0.1, -0.05) is 0 Å². The third kappa shape index (κ3) is 2.64. The molecule has 1 heterocycles. The van der Waals surface area contributed by atoms with E-state index in [1.165, 1.54) is 0 Å². The summed E-state index contributed by atoms with van der Waals surface area (Å²) in [6.45, 7) is 0.210. The Morgan fingerprint density at radius 3 is 2.77 bits per heavy atom. The van der Waals surface area contributed by atoms with Gasteiger partial charge in [-0.3, -0.25) is 4.79 Å². The van der Waals surface area contributed by atoms with Crippen molar-refractivity contribution in [3.8, 4) is 0 Å². The van der Waals surface area contributed by atoms with Crippen LogP contribution in [0.25, 0.3) is 0 Å². The van der Waals surface area contributed by atoms with E-state index in [-0.39, 0.29) is 24.9 Å². The molecule has 0 aliphatic carbocycles. The van der Waals surface area contributed by atoms with Gasteiger partial charge in [-0.05, 0) is 6.42 Å². The summed E-state index contributed by atoms with van der Waals surface area (Å²) in [6, 6.07) is -0.317. The van der Waals surface area contributed by atoms with E-state index in [4.69, 9.17) is 5.73 Å². The van der Waals surface area contributed by atoms with Crippen molar-refractivity contribution in [2.45, 2.75) is 18.9 Å². The van der Waals surface area contributed by atoms with Crippen LogP contribution in [0.4, 0.5) is 0 Å². The van der Waals surface area contributed by atoms with E-state index in [9.17, 15) is 13.2 Å². The quantitative estimate of drug-likeness (QED) is 0.631. The molecule has 2 N–H and O–H groups in total. The van der Waals surface area contributed by atoms with Crippen LogP contribution in [-0.4, -0.2) is 38.2 Å². The first-order chi connectivity index (χ1) is 5.94. The van der Waals surface area contributed by atoms with Crippen molar-refractivity contribution < 1.29 is 17.5 Å². The second kappa shape index (κ2) is 3.60. The number of amides is 1. The lowest BCUT2D eigenvalue weighted by atomic mass is 10.2. The van der Waals surface area contributed by atoms with Crippen LogP contribution in [0.2, 0.25) is 0 Å². The molecule has 0 aromatic heterocycles. The highest BCUT2D eigenvalue weighted by Gasteiger charge is 2.33. The molecule has 1 aliphatic heterocycles. The van der Waals surface area contributed by atoms with Crippen LogP contribution < -0.4 is 5.73 Å². The van der Waals surface area contributed by atoms with Crippen molar-refractivity contribution >= 4 is 16.0 Å². The third-order valence-corrected chi connectivity index (χ3v) is 2.19. The average Bonchev–Trinajstić information content (AvgIpc) is 2.30. The molecule has 1 fully saturated rings. The molecular formula is C6H12N2O4S. The van der Waals surface area contributed by atoms with Gasteiger partial charge in [0.25, 0.3) is 10.1 Å². The highest BCUT2D eigenvalue weighted by molar-refractivity contribution is 7.85. The number of carbonyl (C=O) groups excluding carboxylic acids is 1. The van der Waals surface area contributed by atoms with Gasteiger partial charge in [-0.2, -0.15) is 13.5 Å². The van der Waals surface area contributed by atoms with E-state index in [0.717, 1.165) is 11.3 Å². The summed E-state index contributed by atoms with van der Waals surface area (Å²) < 4.78 is 26.0. The molecule has 6 nitrogen and oxygen atoms in total. The first-order valence-corrected chi connectivity index (χ1v) is 5.67. The van der Waals surface area contributed by atoms with Gasteiger partial charge in [0.05, 0.1) is 12.3 Å². The fourth-order valence-electron chi connectivity index (χ4n) is 1.18. The zero-order valence-corrected chi connectivity index (χ0v) is 8.08. The highest BCUT2D eigenvalue weighted by Crippen LogP contribution is 2.19. The van der Waals surface area contributed by atoms with Crippen molar-refractivity contribution in [3.05, 3.63) is 0 Å². The number of carbonyl (C=O) groups is 1. The van der Waals surface area contributed by atoms with Gasteiger partial charge in [0, 0.05) is 13.0 Å². The molecule has 0 aromatic carbocycles. The topological polar surface area (TPSA) is 89.7 Å². The molecular weight excluding hydrogens is 196 g/mol. The maximum Gasteiger partial charge on any atom is 0.285 e. The summed E-state index contributed by atoms with van der Waals surface area (Å²) in [7, 11) is -3.63. The first kappa shape index (κ1) is 10.4. The van der Waals surface area contributed by atoms with Crippen LogP contribution in [-0.2, 0) is 19.2 Å². The molecule has 0 spiro atoms. The molecule has 1 saturated heterocycles. The second-order valence-electron chi connectivity index (χ2n) is 2.93. The molecule has 0 bridgehead atoms. The lowest BCUT2D eigenvalue weighted by Crippen LogP contribution is -2.39. The lowest BCUT2D eigenvalue weighted by molar-refractivity contribution is -0.154. The van der Waals surface area contributed by atoms with Crippen LogP contribution in [0.3, 0.4) is 0 Å². The van der Waals surface area contributed by atoms with Crippen molar-refractivity contribution in [1.82, 2.24) is 5.06 Å². The number of hydrogen-bond donors (Lipinski definition) is 1. The van der Waals surface area contributed by atoms with E-state index in [1.807, 2.05) is 0 Å². The van der Waals surface area contributed by atoms with Crippen molar-refractivity contribution in [3.63, 3.8) is 0 Å². The van der Waals surface area contributed by atoms with Gasteiger partial charge >= 0.3 is 0 Å². The lowest BCUT2D eigenvalue weighted by Gasteiger charge is -2.20. The van der Waals surface area contributed by atoms with Gasteiger partial charge in [0.15, 0.2) is 0 Å². The minimum Gasteiger partial charge on any atom is -0.328 e. The molecule has 0 unspecified atom stereocenters. The maximum atomic E-state index is 11.1. The standard InChI is InChI=1S/C6H12N2O4S/c1-13(10,11)12-8-5(4-7)2-3-6(8)9/h5H,2-4,7H2,1H3/t5-/m0/s1. The van der Waals surface area contributed by atoms with Crippen molar-refractivity contribution in [2.24, 2.45) is 5.73 Å². The van der Waals surface area contributed by atoms with E-state index in [1.54, 1.807) is 0 Å². The fourth-order valence-corrected chi connectivity index (χ4v) is 1.68. The van der Waals surface area contributed by atoms with E-state index < -0.39 is 10.1 Å². The minimum absolute atomic E-state index is 0.210. The van der Waals surface area contributed by atoms with E-state index in [2.05, 4.69) is 4.28 Å². The van der Waals surface area contributed by atoms with Gasteiger partial charge < -0.3 is 5.73 Å². The SMILES string of the molecule is CS(=O)(=O)ON1C(=O)CC[C@H]1CN. The van der Waals surface area contributed by atoms with Crippen molar-refractivity contribution in [1.29, 1.82) is 0 Å². The zero-order valence-electron chi connectivity index (χ0n) is 7.26. The average molecular weight is 208 g/mol. The van der Waals surface area contributed by atoms with E-state index in [0.29, 0.717) is 6.42 Å². The molecule has 1 atom stereocenters. The Morgan fingerprint density at radius 1 is 1.69 bits per heavy atom. The number of hydroxylamine groups is 2. The molecule has 13 heavy (non-hydrogen) atoms. The van der Waals surface area contributed by atoms with Gasteiger partial charge in [-0.25, -0.2) is 0 Å². The third-order valence-electron chi connectivity index (χ3n) is 1.76. The Balaban J connectivity index is 2.71. The molecule has 0 saturated carbocycles. The zero-order chi connectivity index (χ0) is 10.1. The van der Waals surface area contributed by atoms with E-state index >= 15 is 0 Å². The minimum atomic E-state index is -3.63. The van der Waals surface area contributed by atoms with Gasteiger partial charge in [0.1, 0.15) is 0 Å². The normalized spacial score (nSPS) is 24.0. The summed E-state index contributed by atoms with van der Waals surface area (Å²) in [5.74, 6) is -0.333. The van der Waals surface area contributed by atoms with Crippen LogP contribution in [0.5, 0.6) is 0 Å². The summed E-state index contributed by atoms with van der Waals surface area (Å²) in [5, 5.41) is 0.856. The fraction of sp³-hybridized carbons (Fsp3) is 0.833. The Bertz CT molecular complexity index is 300. The monoisotopic (exact) mass is 208 g/mol. The number of nitrogens with two attached hydrogens (primary N) is 1. The second-order valence-corrected chi connectivity index (χ2v) is 4.48. The highest BCUT2D eigenvalue weighted by atomic mass is 32.2. The summed E-state index contributed by atoms with van der Waals surface area (Å²) >= 11 is 0. The molecule has 1 amide bonds. The molecule has 0 radical (unpaired) electrons. The van der Waals surface area contributed by atoms with Crippen LogP contribution in [0, 0.1) is 0 Å². The molecule has 76 valence electrons. The maximum absolute atomic E-state index is 11.1. The first-order valence-electron chi connectivity index (χ1n) is 3.86. The number of nitrogens with zero attached hydrogens (tertiary/aromatic N) is 1. The molecule has 1 aliphatic rings. The number of rotatable bonds is 3. The summed E-state index contributed by atoms with van der Waals surface area (Å²) in [6.07, 6.45) is 1.73. The number of hydrogen-bond acceptors (Lipinski definition) is 5.